The van der Waals surface area contributed by atoms with Crippen molar-refractivity contribution in [1.82, 2.24) is 9.88 Å². The number of benzene rings is 1. The fraction of sp³-hybridized carbons (Fsp3) is 0.444. The summed E-state index contributed by atoms with van der Waals surface area (Å²) in [6.45, 7) is 6.36. The predicted octanol–water partition coefficient (Wildman–Crippen LogP) is 3.83. The Labute approximate surface area is 121 Å². The molecule has 1 aliphatic rings. The van der Waals surface area contributed by atoms with Crippen LogP contribution in [-0.4, -0.2) is 11.1 Å². The molecule has 0 aliphatic heterocycles. The lowest BCUT2D eigenvalue weighted by atomic mass is 9.91. The molecule has 0 bridgehead atoms. The number of rotatable bonds is 4. The first-order valence-corrected chi connectivity index (χ1v) is 7.73. The Hall–Kier alpha value is -1.54. The molecule has 3 rings (SSSR count). The lowest BCUT2D eigenvalue weighted by Crippen LogP contribution is -2.23. The summed E-state index contributed by atoms with van der Waals surface area (Å²) in [6.07, 6.45) is 8.51. The summed E-state index contributed by atoms with van der Waals surface area (Å²) in [6, 6.07) is 9.41. The fourth-order valence-corrected chi connectivity index (χ4v) is 3.20. The molecular weight excluding hydrogens is 244 g/mol. The van der Waals surface area contributed by atoms with Gasteiger partial charge in [0.1, 0.15) is 0 Å². The molecule has 1 aromatic heterocycles. The van der Waals surface area contributed by atoms with Crippen molar-refractivity contribution in [3.05, 3.63) is 58.9 Å². The molecule has 0 amide bonds. The smallest absolute Gasteiger partial charge is 0.0470 e. The maximum atomic E-state index is 3.61. The van der Waals surface area contributed by atoms with Gasteiger partial charge in [-0.2, -0.15) is 0 Å². The molecular formula is C18H24N2. The molecule has 0 fully saturated rings. The Morgan fingerprint density at radius 1 is 1.20 bits per heavy atom. The van der Waals surface area contributed by atoms with Gasteiger partial charge in [0, 0.05) is 25.0 Å². The van der Waals surface area contributed by atoms with Crippen LogP contribution in [0.15, 0.2) is 36.7 Å². The first-order chi connectivity index (χ1) is 9.76. The Morgan fingerprint density at radius 2 is 2.00 bits per heavy atom. The molecule has 1 aromatic carbocycles. The maximum absolute atomic E-state index is 3.61. The highest BCUT2D eigenvalue weighted by molar-refractivity contribution is 5.31. The molecule has 106 valence electrons. The van der Waals surface area contributed by atoms with Gasteiger partial charge in [-0.25, -0.2) is 0 Å². The molecule has 2 heteroatoms. The normalized spacial score (nSPS) is 18.0. The summed E-state index contributed by atoms with van der Waals surface area (Å²) in [5, 5.41) is 3.61. The van der Waals surface area contributed by atoms with Gasteiger partial charge in [-0.1, -0.05) is 36.8 Å². The van der Waals surface area contributed by atoms with E-state index < -0.39 is 0 Å². The zero-order chi connectivity index (χ0) is 13.9. The lowest BCUT2D eigenvalue weighted by Gasteiger charge is -2.22. The van der Waals surface area contributed by atoms with Crippen molar-refractivity contribution in [2.24, 2.45) is 0 Å². The third kappa shape index (κ3) is 2.80. The third-order valence-electron chi connectivity index (χ3n) is 4.25. The Kier molecular flexibility index (Phi) is 3.93. The molecule has 1 N–H and O–H groups in total. The number of fused-ring (bicyclic) bond motifs is 1. The Morgan fingerprint density at radius 3 is 2.75 bits per heavy atom. The number of aryl methyl sites for hydroxylation is 2. The van der Waals surface area contributed by atoms with E-state index in [1.165, 1.54) is 41.5 Å². The van der Waals surface area contributed by atoms with Crippen LogP contribution in [0, 0.1) is 6.92 Å². The maximum Gasteiger partial charge on any atom is 0.0470 e. The topological polar surface area (TPSA) is 17.0 Å². The SMILES string of the molecule is CCNC1CCCc2cn(Cc3ccc(C)cc3)cc21. The quantitative estimate of drug-likeness (QED) is 0.891. The largest absolute Gasteiger partial charge is 0.349 e. The highest BCUT2D eigenvalue weighted by Crippen LogP contribution is 2.30. The molecule has 2 aromatic rings. The van der Waals surface area contributed by atoms with E-state index in [1.54, 1.807) is 0 Å². The van der Waals surface area contributed by atoms with Crippen molar-refractivity contribution in [2.75, 3.05) is 6.54 Å². The molecule has 1 heterocycles. The second kappa shape index (κ2) is 5.84. The first kappa shape index (κ1) is 13.4. The summed E-state index contributed by atoms with van der Waals surface area (Å²) in [4.78, 5) is 0. The van der Waals surface area contributed by atoms with Crippen LogP contribution in [0.25, 0.3) is 0 Å². The van der Waals surface area contributed by atoms with Gasteiger partial charge >= 0.3 is 0 Å². The minimum Gasteiger partial charge on any atom is -0.349 e. The summed E-state index contributed by atoms with van der Waals surface area (Å²) < 4.78 is 2.35. The minimum atomic E-state index is 0.558. The zero-order valence-corrected chi connectivity index (χ0v) is 12.5. The van der Waals surface area contributed by atoms with Crippen molar-refractivity contribution in [1.29, 1.82) is 0 Å². The standard InChI is InChI=1S/C18H24N2/c1-3-19-18-6-4-5-16-12-20(13-17(16)18)11-15-9-7-14(2)8-10-15/h7-10,12-13,18-19H,3-6,11H2,1-2H3. The molecule has 0 saturated carbocycles. The van der Waals surface area contributed by atoms with Crippen molar-refractivity contribution in [2.45, 2.75) is 45.7 Å². The number of nitrogens with one attached hydrogen (secondary N) is 1. The van der Waals surface area contributed by atoms with Crippen molar-refractivity contribution in [3.63, 3.8) is 0 Å². The Bertz CT molecular complexity index is 566. The molecule has 0 saturated heterocycles. The molecule has 20 heavy (non-hydrogen) atoms. The zero-order valence-electron chi connectivity index (χ0n) is 12.5. The average molecular weight is 268 g/mol. The van der Waals surface area contributed by atoms with Gasteiger partial charge in [0.2, 0.25) is 0 Å². The summed E-state index contributed by atoms with van der Waals surface area (Å²) in [5.74, 6) is 0. The number of aromatic nitrogens is 1. The summed E-state index contributed by atoms with van der Waals surface area (Å²) in [5.41, 5.74) is 5.76. The van der Waals surface area contributed by atoms with Gasteiger partial charge in [-0.15, -0.1) is 0 Å². The monoisotopic (exact) mass is 268 g/mol. The van der Waals surface area contributed by atoms with Crippen LogP contribution >= 0.6 is 0 Å². The van der Waals surface area contributed by atoms with Crippen LogP contribution in [-0.2, 0) is 13.0 Å². The van der Waals surface area contributed by atoms with Crippen molar-refractivity contribution >= 4 is 0 Å². The lowest BCUT2D eigenvalue weighted by molar-refractivity contribution is 0.473. The van der Waals surface area contributed by atoms with E-state index in [1.807, 2.05) is 0 Å². The molecule has 1 unspecified atom stereocenters. The highest BCUT2D eigenvalue weighted by atomic mass is 15.0. The number of hydrogen-bond acceptors (Lipinski definition) is 1. The minimum absolute atomic E-state index is 0.558. The van der Waals surface area contributed by atoms with Crippen LogP contribution in [0.2, 0.25) is 0 Å². The van der Waals surface area contributed by atoms with Gasteiger partial charge in [-0.05, 0) is 49.4 Å². The molecule has 0 radical (unpaired) electrons. The van der Waals surface area contributed by atoms with Crippen LogP contribution < -0.4 is 5.32 Å². The summed E-state index contributed by atoms with van der Waals surface area (Å²) in [7, 11) is 0. The third-order valence-corrected chi connectivity index (χ3v) is 4.25. The van der Waals surface area contributed by atoms with Crippen molar-refractivity contribution < 1.29 is 0 Å². The van der Waals surface area contributed by atoms with Crippen LogP contribution in [0.4, 0.5) is 0 Å². The summed E-state index contributed by atoms with van der Waals surface area (Å²) >= 11 is 0. The Balaban J connectivity index is 1.80. The average Bonchev–Trinajstić information content (AvgIpc) is 2.85. The molecule has 1 aliphatic carbocycles. The van der Waals surface area contributed by atoms with E-state index in [0.717, 1.165) is 13.1 Å². The highest BCUT2D eigenvalue weighted by Gasteiger charge is 2.21. The second-order valence-electron chi connectivity index (χ2n) is 5.90. The number of hydrogen-bond donors (Lipinski definition) is 1. The van der Waals surface area contributed by atoms with E-state index in [4.69, 9.17) is 0 Å². The fourth-order valence-electron chi connectivity index (χ4n) is 3.20. The van der Waals surface area contributed by atoms with Gasteiger partial charge in [0.15, 0.2) is 0 Å². The van der Waals surface area contributed by atoms with Gasteiger partial charge in [-0.3, -0.25) is 0 Å². The van der Waals surface area contributed by atoms with E-state index in [9.17, 15) is 0 Å². The molecule has 2 nitrogen and oxygen atoms in total. The van der Waals surface area contributed by atoms with Crippen LogP contribution in [0.5, 0.6) is 0 Å². The van der Waals surface area contributed by atoms with Gasteiger partial charge in [0.05, 0.1) is 0 Å². The van der Waals surface area contributed by atoms with E-state index in [2.05, 4.69) is 60.4 Å². The van der Waals surface area contributed by atoms with E-state index in [-0.39, 0.29) is 0 Å². The van der Waals surface area contributed by atoms with Crippen LogP contribution in [0.1, 0.15) is 48.1 Å². The predicted molar refractivity (Wildman–Crippen MR) is 84.1 cm³/mol. The van der Waals surface area contributed by atoms with Gasteiger partial charge in [0.25, 0.3) is 0 Å². The first-order valence-electron chi connectivity index (χ1n) is 7.73. The van der Waals surface area contributed by atoms with Crippen molar-refractivity contribution in [3.8, 4) is 0 Å². The number of nitrogens with zero attached hydrogens (tertiary/aromatic N) is 1. The van der Waals surface area contributed by atoms with Crippen LogP contribution in [0.3, 0.4) is 0 Å². The molecule has 0 spiro atoms. The second-order valence-corrected chi connectivity index (χ2v) is 5.90. The van der Waals surface area contributed by atoms with Gasteiger partial charge < -0.3 is 9.88 Å². The van der Waals surface area contributed by atoms with E-state index in [0.29, 0.717) is 6.04 Å². The molecule has 1 atom stereocenters. The van der Waals surface area contributed by atoms with E-state index >= 15 is 0 Å².